The number of aromatic nitrogens is 2. The second-order valence-corrected chi connectivity index (χ2v) is 8.82. The summed E-state index contributed by atoms with van der Waals surface area (Å²) in [7, 11) is 0. The second kappa shape index (κ2) is 10.3. The first-order valence-corrected chi connectivity index (χ1v) is 11.6. The van der Waals surface area contributed by atoms with Crippen LogP contribution in [0.2, 0.25) is 0 Å². The highest BCUT2D eigenvalue weighted by Crippen LogP contribution is 2.32. The average Bonchev–Trinajstić information content (AvgIpc) is 3.46. The molecule has 32 heavy (non-hydrogen) atoms. The molecule has 3 aromatic rings. The summed E-state index contributed by atoms with van der Waals surface area (Å²) in [5.74, 6) is 0.972. The van der Waals surface area contributed by atoms with Crippen molar-refractivity contribution in [1.82, 2.24) is 20.6 Å². The molecule has 1 aliphatic heterocycles. The monoisotopic (exact) mass is 472 g/mol. The molecule has 0 atom stereocenters. The van der Waals surface area contributed by atoms with Gasteiger partial charge in [0.05, 0.1) is 24.4 Å². The first kappa shape index (κ1) is 21.9. The van der Waals surface area contributed by atoms with Gasteiger partial charge in [0, 0.05) is 17.5 Å². The minimum absolute atomic E-state index is 0.0147. The van der Waals surface area contributed by atoms with Gasteiger partial charge in [-0.05, 0) is 29.1 Å². The van der Waals surface area contributed by atoms with Crippen molar-refractivity contribution >= 4 is 34.9 Å². The number of thioether (sulfide) groups is 1. The lowest BCUT2D eigenvalue weighted by Crippen LogP contribution is -2.26. The van der Waals surface area contributed by atoms with Crippen molar-refractivity contribution < 1.29 is 19.1 Å². The van der Waals surface area contributed by atoms with E-state index in [9.17, 15) is 14.4 Å². The molecule has 3 N–H and O–H groups in total. The van der Waals surface area contributed by atoms with E-state index in [0.717, 1.165) is 22.2 Å². The number of nitrogens with zero attached hydrogens (tertiary/aromatic N) is 1. The number of H-pyrrole nitrogens is 1. The molecule has 1 aromatic carbocycles. The number of fused-ring (bicyclic) bond motifs is 1. The van der Waals surface area contributed by atoms with E-state index in [-0.39, 0.29) is 41.5 Å². The van der Waals surface area contributed by atoms with Gasteiger partial charge in [0.1, 0.15) is 0 Å². The van der Waals surface area contributed by atoms with Crippen molar-refractivity contribution in [2.45, 2.75) is 24.7 Å². The molecule has 0 aliphatic carbocycles. The molecule has 166 valence electrons. The Balaban J connectivity index is 1.25. The number of ether oxygens (including phenoxy) is 2. The minimum Gasteiger partial charge on any atom is -0.454 e. The predicted octanol–water partition coefficient (Wildman–Crippen LogP) is 1.83. The highest BCUT2D eigenvalue weighted by Gasteiger charge is 2.14. The lowest BCUT2D eigenvalue weighted by atomic mass is 10.2. The molecule has 0 spiro atoms. The zero-order valence-electron chi connectivity index (χ0n) is 16.9. The maximum atomic E-state index is 12.2. The number of amides is 2. The fourth-order valence-electron chi connectivity index (χ4n) is 2.90. The highest BCUT2D eigenvalue weighted by atomic mass is 32.2. The van der Waals surface area contributed by atoms with Gasteiger partial charge in [0.2, 0.25) is 18.6 Å². The van der Waals surface area contributed by atoms with Crippen molar-refractivity contribution in [1.29, 1.82) is 0 Å². The van der Waals surface area contributed by atoms with Crippen LogP contribution in [0.15, 0.2) is 51.7 Å². The molecule has 0 fully saturated rings. The summed E-state index contributed by atoms with van der Waals surface area (Å²) >= 11 is 2.65. The van der Waals surface area contributed by atoms with E-state index in [1.807, 2.05) is 29.6 Å². The number of aromatic amines is 1. The summed E-state index contributed by atoms with van der Waals surface area (Å²) in [6.07, 6.45) is -0.0147. The van der Waals surface area contributed by atoms with Crippen molar-refractivity contribution in [2.75, 3.05) is 12.5 Å². The molecule has 2 aromatic heterocycles. The summed E-state index contributed by atoms with van der Waals surface area (Å²) in [5.41, 5.74) is 0.861. The second-order valence-electron chi connectivity index (χ2n) is 6.83. The van der Waals surface area contributed by atoms with E-state index in [2.05, 4.69) is 20.6 Å². The molecule has 0 saturated heterocycles. The molecule has 11 heteroatoms. The van der Waals surface area contributed by atoms with E-state index < -0.39 is 0 Å². The molecule has 0 bridgehead atoms. The predicted molar refractivity (Wildman–Crippen MR) is 120 cm³/mol. The Morgan fingerprint density at radius 3 is 2.78 bits per heavy atom. The maximum absolute atomic E-state index is 12.2. The number of carbonyl (C=O) groups is 2. The SMILES string of the molecule is O=C(CSc1nc(CC(=O)NCc2cccs2)cc(=O)[nH]1)NCc1ccc2c(c1)OCO2. The van der Waals surface area contributed by atoms with E-state index in [4.69, 9.17) is 9.47 Å². The molecular weight excluding hydrogens is 452 g/mol. The van der Waals surface area contributed by atoms with Crippen molar-refractivity contribution in [3.63, 3.8) is 0 Å². The Kier molecular flexibility index (Phi) is 7.07. The third kappa shape index (κ3) is 6.11. The standard InChI is InChI=1S/C21H20N4O5S2/c26-18(23-10-15-2-1-5-31-15)7-14-8-19(27)25-21(24-14)32-11-20(28)22-9-13-3-4-16-17(6-13)30-12-29-16/h1-6,8H,7,9-12H2,(H,22,28)(H,23,26)(H,24,25,27). The molecule has 0 unspecified atom stereocenters. The van der Waals surface area contributed by atoms with Gasteiger partial charge in [0.25, 0.3) is 5.56 Å². The molecule has 9 nitrogen and oxygen atoms in total. The van der Waals surface area contributed by atoms with E-state index >= 15 is 0 Å². The molecule has 1 aliphatic rings. The number of nitrogens with one attached hydrogen (secondary N) is 3. The van der Waals surface area contributed by atoms with Gasteiger partial charge in [-0.15, -0.1) is 11.3 Å². The largest absolute Gasteiger partial charge is 0.454 e. The minimum atomic E-state index is -0.371. The Morgan fingerprint density at radius 2 is 1.94 bits per heavy atom. The number of hydrogen-bond acceptors (Lipinski definition) is 8. The van der Waals surface area contributed by atoms with Gasteiger partial charge in [-0.25, -0.2) is 4.98 Å². The summed E-state index contributed by atoms with van der Waals surface area (Å²) in [6, 6.07) is 10.6. The highest BCUT2D eigenvalue weighted by molar-refractivity contribution is 7.99. The Bertz CT molecular complexity index is 1160. The first-order chi connectivity index (χ1) is 15.5. The molecule has 3 heterocycles. The smallest absolute Gasteiger partial charge is 0.251 e. The number of benzene rings is 1. The third-order valence-corrected chi connectivity index (χ3v) is 6.17. The van der Waals surface area contributed by atoms with Crippen LogP contribution in [0.1, 0.15) is 16.1 Å². The van der Waals surface area contributed by atoms with Crippen LogP contribution in [0.5, 0.6) is 11.5 Å². The normalized spacial score (nSPS) is 11.9. The third-order valence-electron chi connectivity index (χ3n) is 4.42. The number of rotatable bonds is 9. The van der Waals surface area contributed by atoms with Gasteiger partial charge >= 0.3 is 0 Å². The molecule has 2 amide bonds. The van der Waals surface area contributed by atoms with Crippen LogP contribution in [0, 0.1) is 0 Å². The molecular formula is C21H20N4O5S2. The fraction of sp³-hybridized carbons (Fsp3) is 0.238. The van der Waals surface area contributed by atoms with Crippen LogP contribution in [-0.4, -0.2) is 34.3 Å². The van der Waals surface area contributed by atoms with Crippen molar-refractivity contribution in [3.8, 4) is 11.5 Å². The summed E-state index contributed by atoms with van der Waals surface area (Å²) in [4.78, 5) is 44.2. The van der Waals surface area contributed by atoms with Crippen LogP contribution in [0.3, 0.4) is 0 Å². The molecule has 4 rings (SSSR count). The van der Waals surface area contributed by atoms with Gasteiger partial charge in [-0.1, -0.05) is 23.9 Å². The van der Waals surface area contributed by atoms with Gasteiger partial charge in [-0.3, -0.25) is 14.4 Å². The lowest BCUT2D eigenvalue weighted by Gasteiger charge is -2.07. The number of carbonyl (C=O) groups excluding carboxylic acids is 2. The average molecular weight is 473 g/mol. The number of thiophene rings is 1. The quantitative estimate of drug-likeness (QED) is 0.321. The van der Waals surface area contributed by atoms with Crippen LogP contribution < -0.4 is 25.7 Å². The maximum Gasteiger partial charge on any atom is 0.251 e. The lowest BCUT2D eigenvalue weighted by molar-refractivity contribution is -0.121. The van der Waals surface area contributed by atoms with Crippen LogP contribution in [-0.2, 0) is 29.1 Å². The first-order valence-electron chi connectivity index (χ1n) is 9.72. The summed E-state index contributed by atoms with van der Waals surface area (Å²) < 4.78 is 10.6. The van der Waals surface area contributed by atoms with E-state index in [0.29, 0.717) is 30.3 Å². The number of hydrogen-bond donors (Lipinski definition) is 3. The van der Waals surface area contributed by atoms with Gasteiger partial charge in [0.15, 0.2) is 16.7 Å². The van der Waals surface area contributed by atoms with Gasteiger partial charge in [-0.2, -0.15) is 0 Å². The van der Waals surface area contributed by atoms with E-state index in [1.54, 1.807) is 17.4 Å². The Hall–Kier alpha value is -3.31. The summed E-state index contributed by atoms with van der Waals surface area (Å²) in [5, 5.41) is 7.84. The topological polar surface area (TPSA) is 122 Å². The molecule has 0 saturated carbocycles. The Morgan fingerprint density at radius 1 is 1.09 bits per heavy atom. The van der Waals surface area contributed by atoms with Crippen molar-refractivity contribution in [2.24, 2.45) is 0 Å². The fourth-order valence-corrected chi connectivity index (χ4v) is 4.27. The Labute approximate surface area is 191 Å². The van der Waals surface area contributed by atoms with Crippen molar-refractivity contribution in [3.05, 3.63) is 68.3 Å². The van der Waals surface area contributed by atoms with E-state index in [1.165, 1.54) is 6.07 Å². The summed E-state index contributed by atoms with van der Waals surface area (Å²) in [6.45, 7) is 0.970. The van der Waals surface area contributed by atoms with Crippen LogP contribution in [0.4, 0.5) is 0 Å². The zero-order valence-corrected chi connectivity index (χ0v) is 18.5. The van der Waals surface area contributed by atoms with Crippen LogP contribution in [0.25, 0.3) is 0 Å². The molecule has 0 radical (unpaired) electrons. The van der Waals surface area contributed by atoms with Crippen LogP contribution >= 0.6 is 23.1 Å². The van der Waals surface area contributed by atoms with Gasteiger partial charge < -0.3 is 25.1 Å². The zero-order chi connectivity index (χ0) is 22.3.